The van der Waals surface area contributed by atoms with Crippen molar-refractivity contribution < 1.29 is 26.8 Å². The molecule has 0 bridgehead atoms. The fraction of sp³-hybridized carbons (Fsp3) is 0.360. The first-order valence-corrected chi connectivity index (χ1v) is 14.4. The SMILES string of the molecule is CC(C)S(=O)(=O)c1csc(C(=O)N2CCN(Cc3cc(=O)c(OCc4cccc(F)c4)co3)CC2)c1Cl. The average Bonchev–Trinajstić information content (AvgIpc) is 3.25. The standard InChI is InChI=1S/C25H26ClFN2O6S2/c1-16(2)37(32,33)22-15-36-24(23(22)26)25(31)29-8-6-28(7-9-29)12-19-11-20(30)21(14-34-19)35-13-17-4-3-5-18(27)10-17/h3-5,10-11,14-16H,6-9,12-13H2,1-2H3. The molecule has 1 fully saturated rings. The zero-order valence-corrected chi connectivity index (χ0v) is 22.7. The van der Waals surface area contributed by atoms with Crippen molar-refractivity contribution in [1.82, 2.24) is 9.80 Å². The number of benzene rings is 1. The van der Waals surface area contributed by atoms with Crippen molar-refractivity contribution in [1.29, 1.82) is 0 Å². The molecule has 0 N–H and O–H groups in total. The summed E-state index contributed by atoms with van der Waals surface area (Å²) in [5.41, 5.74) is 0.253. The summed E-state index contributed by atoms with van der Waals surface area (Å²) >= 11 is 7.33. The highest BCUT2D eigenvalue weighted by Crippen LogP contribution is 2.34. The smallest absolute Gasteiger partial charge is 0.265 e. The average molecular weight is 569 g/mol. The van der Waals surface area contributed by atoms with Crippen molar-refractivity contribution in [2.75, 3.05) is 26.2 Å². The minimum atomic E-state index is -3.58. The Morgan fingerprint density at radius 2 is 1.95 bits per heavy atom. The largest absolute Gasteiger partial charge is 0.482 e. The van der Waals surface area contributed by atoms with E-state index in [9.17, 15) is 22.4 Å². The molecule has 0 saturated carbocycles. The van der Waals surface area contributed by atoms with Crippen LogP contribution in [0.4, 0.5) is 4.39 Å². The molecular formula is C25H26ClFN2O6S2. The minimum absolute atomic E-state index is 0.00506. The number of ether oxygens (including phenoxy) is 1. The van der Waals surface area contributed by atoms with E-state index in [1.165, 1.54) is 29.8 Å². The van der Waals surface area contributed by atoms with E-state index in [1.807, 2.05) is 4.90 Å². The van der Waals surface area contributed by atoms with E-state index in [0.717, 1.165) is 11.3 Å². The van der Waals surface area contributed by atoms with Crippen LogP contribution in [0.2, 0.25) is 5.02 Å². The summed E-state index contributed by atoms with van der Waals surface area (Å²) in [4.78, 5) is 29.3. The summed E-state index contributed by atoms with van der Waals surface area (Å²) in [7, 11) is -3.58. The molecule has 8 nitrogen and oxygen atoms in total. The molecule has 1 aliphatic heterocycles. The number of carbonyl (C=O) groups is 1. The maximum atomic E-state index is 13.3. The lowest BCUT2D eigenvalue weighted by Crippen LogP contribution is -2.48. The fourth-order valence-corrected chi connectivity index (χ4v) is 6.85. The number of rotatable bonds is 8. The Labute approximate surface area is 223 Å². The Kier molecular flexibility index (Phi) is 8.37. The van der Waals surface area contributed by atoms with Crippen LogP contribution < -0.4 is 10.2 Å². The monoisotopic (exact) mass is 568 g/mol. The summed E-state index contributed by atoms with van der Waals surface area (Å²) < 4.78 is 49.3. The number of hydrogen-bond donors (Lipinski definition) is 0. The van der Waals surface area contributed by atoms with Crippen molar-refractivity contribution in [3.05, 3.63) is 79.2 Å². The number of carbonyl (C=O) groups excluding carboxylic acids is 1. The molecule has 3 aromatic rings. The zero-order valence-electron chi connectivity index (χ0n) is 20.3. The second-order valence-corrected chi connectivity index (χ2v) is 12.6. The topological polar surface area (TPSA) is 97.1 Å². The molecule has 1 amide bonds. The van der Waals surface area contributed by atoms with Crippen LogP contribution in [-0.2, 0) is 23.0 Å². The van der Waals surface area contributed by atoms with Crippen LogP contribution in [-0.4, -0.2) is 55.6 Å². The van der Waals surface area contributed by atoms with Gasteiger partial charge in [0.1, 0.15) is 29.3 Å². The quantitative estimate of drug-likeness (QED) is 0.401. The van der Waals surface area contributed by atoms with Crippen molar-refractivity contribution in [2.24, 2.45) is 0 Å². The number of piperazine rings is 1. The summed E-state index contributed by atoms with van der Waals surface area (Å²) in [6.45, 7) is 5.45. The highest BCUT2D eigenvalue weighted by molar-refractivity contribution is 7.92. The van der Waals surface area contributed by atoms with E-state index in [1.54, 1.807) is 30.9 Å². The lowest BCUT2D eigenvalue weighted by atomic mass is 10.2. The van der Waals surface area contributed by atoms with Gasteiger partial charge in [0, 0.05) is 37.6 Å². The molecule has 0 unspecified atom stereocenters. The highest BCUT2D eigenvalue weighted by atomic mass is 35.5. The third-order valence-corrected chi connectivity index (χ3v) is 9.91. The minimum Gasteiger partial charge on any atom is -0.482 e. The van der Waals surface area contributed by atoms with Crippen LogP contribution in [0.5, 0.6) is 5.75 Å². The maximum absolute atomic E-state index is 13.3. The van der Waals surface area contributed by atoms with Gasteiger partial charge in [-0.2, -0.15) is 0 Å². The first kappa shape index (κ1) is 27.3. The summed E-state index contributed by atoms with van der Waals surface area (Å²) in [5, 5.41) is 0.766. The molecule has 3 heterocycles. The van der Waals surface area contributed by atoms with E-state index in [2.05, 4.69) is 0 Å². The second-order valence-electron chi connectivity index (χ2n) is 8.90. The van der Waals surface area contributed by atoms with E-state index in [0.29, 0.717) is 44.0 Å². The van der Waals surface area contributed by atoms with Gasteiger partial charge < -0.3 is 14.1 Å². The molecule has 37 heavy (non-hydrogen) atoms. The van der Waals surface area contributed by atoms with Crippen LogP contribution in [0.1, 0.15) is 34.8 Å². The van der Waals surface area contributed by atoms with Gasteiger partial charge in [0.05, 0.1) is 21.7 Å². The Balaban J connectivity index is 1.32. The Morgan fingerprint density at radius 1 is 1.22 bits per heavy atom. The van der Waals surface area contributed by atoms with E-state index in [-0.39, 0.29) is 44.3 Å². The van der Waals surface area contributed by atoms with E-state index < -0.39 is 15.1 Å². The van der Waals surface area contributed by atoms with Gasteiger partial charge in [0.2, 0.25) is 11.2 Å². The molecule has 12 heteroatoms. The van der Waals surface area contributed by atoms with Crippen LogP contribution in [0.25, 0.3) is 0 Å². The molecule has 1 saturated heterocycles. The van der Waals surface area contributed by atoms with Gasteiger partial charge in [-0.05, 0) is 31.5 Å². The summed E-state index contributed by atoms with van der Waals surface area (Å²) in [5.74, 6) is -0.193. The number of hydrogen-bond acceptors (Lipinski definition) is 8. The summed E-state index contributed by atoms with van der Waals surface area (Å²) in [6, 6.07) is 7.29. The normalized spacial score (nSPS) is 14.8. The zero-order chi connectivity index (χ0) is 26.7. The Bertz CT molecular complexity index is 1450. The highest BCUT2D eigenvalue weighted by Gasteiger charge is 2.30. The van der Waals surface area contributed by atoms with Crippen LogP contribution in [0.15, 0.2) is 56.1 Å². The number of sulfone groups is 1. The lowest BCUT2D eigenvalue weighted by molar-refractivity contribution is 0.0624. The van der Waals surface area contributed by atoms with Gasteiger partial charge in [0.15, 0.2) is 9.84 Å². The molecule has 0 atom stereocenters. The van der Waals surface area contributed by atoms with E-state index >= 15 is 0 Å². The third-order valence-electron chi connectivity index (χ3n) is 6.00. The van der Waals surface area contributed by atoms with Crippen LogP contribution in [0.3, 0.4) is 0 Å². The van der Waals surface area contributed by atoms with Gasteiger partial charge in [-0.1, -0.05) is 23.7 Å². The van der Waals surface area contributed by atoms with Gasteiger partial charge in [0.25, 0.3) is 5.91 Å². The number of amides is 1. The molecule has 0 radical (unpaired) electrons. The number of nitrogens with zero attached hydrogens (tertiary/aromatic N) is 2. The molecule has 0 aliphatic carbocycles. The van der Waals surface area contributed by atoms with Gasteiger partial charge in [-0.25, -0.2) is 12.8 Å². The number of halogens is 2. The number of thiophene rings is 1. The van der Waals surface area contributed by atoms with Crippen molar-refractivity contribution in [3.63, 3.8) is 0 Å². The van der Waals surface area contributed by atoms with Gasteiger partial charge >= 0.3 is 0 Å². The Hall–Kier alpha value is -2.73. The molecule has 198 valence electrons. The molecule has 1 aromatic carbocycles. The molecule has 1 aliphatic rings. The third kappa shape index (κ3) is 6.23. The van der Waals surface area contributed by atoms with Crippen LogP contribution in [0, 0.1) is 5.82 Å². The first-order valence-electron chi connectivity index (χ1n) is 11.6. The molecule has 4 rings (SSSR count). The van der Waals surface area contributed by atoms with Crippen molar-refractivity contribution in [2.45, 2.75) is 37.1 Å². The van der Waals surface area contributed by atoms with Gasteiger partial charge in [-0.15, -0.1) is 11.3 Å². The molecule has 2 aromatic heterocycles. The molecule has 0 spiro atoms. The predicted molar refractivity (Wildman–Crippen MR) is 139 cm³/mol. The molecular weight excluding hydrogens is 543 g/mol. The summed E-state index contributed by atoms with van der Waals surface area (Å²) in [6.07, 6.45) is 1.25. The Morgan fingerprint density at radius 3 is 2.59 bits per heavy atom. The van der Waals surface area contributed by atoms with Crippen LogP contribution >= 0.6 is 22.9 Å². The van der Waals surface area contributed by atoms with Crippen molar-refractivity contribution in [3.8, 4) is 5.75 Å². The second kappa shape index (κ2) is 11.3. The van der Waals surface area contributed by atoms with E-state index in [4.69, 9.17) is 20.8 Å². The fourth-order valence-electron chi connectivity index (χ4n) is 3.81. The predicted octanol–water partition coefficient (Wildman–Crippen LogP) is 4.21. The first-order chi connectivity index (χ1) is 17.6. The van der Waals surface area contributed by atoms with Crippen molar-refractivity contribution >= 4 is 38.7 Å². The maximum Gasteiger partial charge on any atom is 0.265 e. The lowest BCUT2D eigenvalue weighted by Gasteiger charge is -2.34. The van der Waals surface area contributed by atoms with Gasteiger partial charge in [-0.3, -0.25) is 14.5 Å².